The molecule has 6 heteroatoms. The molecule has 1 aromatic rings. The number of halogens is 1. The molecule has 1 unspecified atom stereocenters. The Hall–Kier alpha value is -1.59. The van der Waals surface area contributed by atoms with E-state index in [1.54, 1.807) is 18.2 Å². The molecule has 1 aromatic carbocycles. The number of hydrogen-bond donors (Lipinski definition) is 0. The van der Waals surface area contributed by atoms with Gasteiger partial charge in [0.15, 0.2) is 6.04 Å². The molecular weight excluding hydrogens is 282 g/mol. The summed E-state index contributed by atoms with van der Waals surface area (Å²) in [5.41, 5.74) is 0.817. The third-order valence-corrected chi connectivity index (χ3v) is 3.40. The molecule has 108 valence electrons. The predicted octanol–water partition coefficient (Wildman–Crippen LogP) is 1.28. The van der Waals surface area contributed by atoms with Crippen LogP contribution >= 0.6 is 11.6 Å². The van der Waals surface area contributed by atoms with Crippen LogP contribution in [0.1, 0.15) is 5.56 Å². The van der Waals surface area contributed by atoms with Crippen LogP contribution in [0.4, 0.5) is 0 Å². The molecule has 0 bridgehead atoms. The first-order chi connectivity index (χ1) is 9.61. The summed E-state index contributed by atoms with van der Waals surface area (Å²) in [7, 11) is 1.30. The zero-order valence-corrected chi connectivity index (χ0v) is 11.9. The second kappa shape index (κ2) is 6.72. The molecule has 1 heterocycles. The minimum Gasteiger partial charge on any atom is -0.467 e. The Morgan fingerprint density at radius 3 is 3.00 bits per heavy atom. The lowest BCUT2D eigenvalue weighted by Gasteiger charge is -2.33. The Bertz CT molecular complexity index is 506. The van der Waals surface area contributed by atoms with E-state index in [0.29, 0.717) is 18.2 Å². The minimum atomic E-state index is -0.666. The maximum absolute atomic E-state index is 12.3. The van der Waals surface area contributed by atoms with Gasteiger partial charge in [-0.25, -0.2) is 4.79 Å². The van der Waals surface area contributed by atoms with Crippen LogP contribution in [0.3, 0.4) is 0 Å². The molecule has 0 N–H and O–H groups in total. The summed E-state index contributed by atoms with van der Waals surface area (Å²) >= 11 is 5.90. The van der Waals surface area contributed by atoms with Gasteiger partial charge in [0.1, 0.15) is 0 Å². The lowest BCUT2D eigenvalue weighted by atomic mass is 10.1. The van der Waals surface area contributed by atoms with Crippen LogP contribution in [-0.2, 0) is 25.5 Å². The van der Waals surface area contributed by atoms with E-state index in [1.165, 1.54) is 12.0 Å². The van der Waals surface area contributed by atoms with E-state index in [9.17, 15) is 9.59 Å². The molecule has 0 saturated carbocycles. The first-order valence-corrected chi connectivity index (χ1v) is 6.69. The largest absolute Gasteiger partial charge is 0.467 e. The van der Waals surface area contributed by atoms with Gasteiger partial charge in [-0.1, -0.05) is 23.7 Å². The lowest BCUT2D eigenvalue weighted by Crippen LogP contribution is -2.53. The molecule has 0 spiro atoms. The van der Waals surface area contributed by atoms with Gasteiger partial charge in [0.2, 0.25) is 5.91 Å². The molecule has 0 aromatic heterocycles. The molecule has 1 amide bonds. The highest BCUT2D eigenvalue weighted by Gasteiger charge is 2.33. The van der Waals surface area contributed by atoms with Gasteiger partial charge in [-0.05, 0) is 17.7 Å². The fourth-order valence-electron chi connectivity index (χ4n) is 2.16. The number of carbonyl (C=O) groups excluding carboxylic acids is 2. The number of hydrogen-bond acceptors (Lipinski definition) is 4. The predicted molar refractivity (Wildman–Crippen MR) is 73.5 cm³/mol. The number of methoxy groups -OCH3 is 1. The summed E-state index contributed by atoms with van der Waals surface area (Å²) in [6.07, 6.45) is 0.202. The van der Waals surface area contributed by atoms with Crippen molar-refractivity contribution in [1.29, 1.82) is 0 Å². The fourth-order valence-corrected chi connectivity index (χ4v) is 2.37. The molecule has 2 rings (SSSR count). The van der Waals surface area contributed by atoms with Crippen LogP contribution in [0.15, 0.2) is 24.3 Å². The monoisotopic (exact) mass is 297 g/mol. The average molecular weight is 298 g/mol. The van der Waals surface area contributed by atoms with Crippen molar-refractivity contribution in [2.75, 3.05) is 26.9 Å². The standard InChI is InChI=1S/C14H16ClNO4/c1-19-14(18)12-9-20-6-5-16(12)13(17)8-10-3-2-4-11(15)7-10/h2-4,7,12H,5-6,8-9H2,1H3. The number of benzene rings is 1. The third-order valence-electron chi connectivity index (χ3n) is 3.17. The number of morpholine rings is 1. The second-order valence-electron chi connectivity index (χ2n) is 4.51. The molecular formula is C14H16ClNO4. The Morgan fingerprint density at radius 1 is 1.50 bits per heavy atom. The van der Waals surface area contributed by atoms with E-state index >= 15 is 0 Å². The highest BCUT2D eigenvalue weighted by atomic mass is 35.5. The molecule has 0 radical (unpaired) electrons. The van der Waals surface area contributed by atoms with Crippen molar-refractivity contribution in [2.45, 2.75) is 12.5 Å². The lowest BCUT2D eigenvalue weighted by molar-refractivity contribution is -0.160. The van der Waals surface area contributed by atoms with Crippen molar-refractivity contribution in [3.63, 3.8) is 0 Å². The maximum Gasteiger partial charge on any atom is 0.331 e. The molecule has 20 heavy (non-hydrogen) atoms. The van der Waals surface area contributed by atoms with Crippen LogP contribution in [-0.4, -0.2) is 49.7 Å². The molecule has 5 nitrogen and oxygen atoms in total. The first kappa shape index (κ1) is 14.8. The molecule has 1 aliphatic heterocycles. The van der Waals surface area contributed by atoms with Gasteiger partial charge in [0.05, 0.1) is 26.7 Å². The van der Waals surface area contributed by atoms with Gasteiger partial charge in [0, 0.05) is 11.6 Å². The van der Waals surface area contributed by atoms with Gasteiger partial charge in [-0.2, -0.15) is 0 Å². The Labute approximate surface area is 122 Å². The van der Waals surface area contributed by atoms with E-state index in [0.717, 1.165) is 5.56 Å². The molecule has 1 fully saturated rings. The quantitative estimate of drug-likeness (QED) is 0.789. The van der Waals surface area contributed by atoms with Gasteiger partial charge in [0.25, 0.3) is 0 Å². The van der Waals surface area contributed by atoms with E-state index in [2.05, 4.69) is 0 Å². The summed E-state index contributed by atoms with van der Waals surface area (Å²) < 4.78 is 9.94. The molecule has 1 saturated heterocycles. The van der Waals surface area contributed by atoms with E-state index in [1.807, 2.05) is 6.07 Å². The number of nitrogens with zero attached hydrogens (tertiary/aromatic N) is 1. The van der Waals surface area contributed by atoms with Gasteiger partial charge in [-0.15, -0.1) is 0 Å². The zero-order chi connectivity index (χ0) is 14.5. The summed E-state index contributed by atoms with van der Waals surface area (Å²) in [4.78, 5) is 25.5. The topological polar surface area (TPSA) is 55.8 Å². The molecule has 1 aliphatic rings. The minimum absolute atomic E-state index is 0.133. The number of ether oxygens (including phenoxy) is 2. The second-order valence-corrected chi connectivity index (χ2v) is 4.94. The zero-order valence-electron chi connectivity index (χ0n) is 11.2. The average Bonchev–Trinajstić information content (AvgIpc) is 2.46. The smallest absolute Gasteiger partial charge is 0.331 e. The maximum atomic E-state index is 12.3. The summed E-state index contributed by atoms with van der Waals surface area (Å²) in [5, 5.41) is 0.585. The van der Waals surface area contributed by atoms with E-state index < -0.39 is 12.0 Å². The van der Waals surface area contributed by atoms with Crippen LogP contribution in [0.5, 0.6) is 0 Å². The van der Waals surface area contributed by atoms with Crippen LogP contribution in [0, 0.1) is 0 Å². The summed E-state index contributed by atoms with van der Waals surface area (Å²) in [6.45, 7) is 0.988. The van der Waals surface area contributed by atoms with Crippen molar-refractivity contribution in [3.8, 4) is 0 Å². The van der Waals surface area contributed by atoms with Crippen LogP contribution in [0.25, 0.3) is 0 Å². The van der Waals surface area contributed by atoms with Crippen molar-refractivity contribution in [2.24, 2.45) is 0 Å². The van der Waals surface area contributed by atoms with Crippen molar-refractivity contribution in [3.05, 3.63) is 34.9 Å². The fraction of sp³-hybridized carbons (Fsp3) is 0.429. The third kappa shape index (κ3) is 3.49. The summed E-state index contributed by atoms with van der Waals surface area (Å²) in [6, 6.07) is 6.45. The number of esters is 1. The normalized spacial score (nSPS) is 18.7. The number of amides is 1. The highest BCUT2D eigenvalue weighted by molar-refractivity contribution is 6.30. The summed E-state index contributed by atoms with van der Waals surface area (Å²) in [5.74, 6) is -0.588. The van der Waals surface area contributed by atoms with E-state index in [4.69, 9.17) is 21.1 Å². The first-order valence-electron chi connectivity index (χ1n) is 6.31. The van der Waals surface area contributed by atoms with Gasteiger partial charge >= 0.3 is 5.97 Å². The van der Waals surface area contributed by atoms with Crippen molar-refractivity contribution >= 4 is 23.5 Å². The van der Waals surface area contributed by atoms with Crippen LogP contribution < -0.4 is 0 Å². The number of carbonyl (C=O) groups is 2. The molecule has 0 aliphatic carbocycles. The SMILES string of the molecule is COC(=O)C1COCCN1C(=O)Cc1cccc(Cl)c1. The Morgan fingerprint density at radius 2 is 2.30 bits per heavy atom. The number of rotatable bonds is 3. The highest BCUT2D eigenvalue weighted by Crippen LogP contribution is 2.15. The van der Waals surface area contributed by atoms with Crippen LogP contribution in [0.2, 0.25) is 5.02 Å². The van der Waals surface area contributed by atoms with Crippen molar-refractivity contribution in [1.82, 2.24) is 4.90 Å². The molecule has 1 atom stereocenters. The van der Waals surface area contributed by atoms with Gasteiger partial charge in [-0.3, -0.25) is 4.79 Å². The Balaban J connectivity index is 2.08. The van der Waals surface area contributed by atoms with E-state index in [-0.39, 0.29) is 18.9 Å². The Kier molecular flexibility index (Phi) is 4.98. The van der Waals surface area contributed by atoms with Crippen molar-refractivity contribution < 1.29 is 19.1 Å². The van der Waals surface area contributed by atoms with Gasteiger partial charge < -0.3 is 14.4 Å².